The van der Waals surface area contributed by atoms with Crippen LogP contribution in [0.4, 0.5) is 5.82 Å². The van der Waals surface area contributed by atoms with Gasteiger partial charge in [-0.05, 0) is 52.0 Å². The molecule has 1 amide bonds. The van der Waals surface area contributed by atoms with Gasteiger partial charge in [-0.3, -0.25) is 4.79 Å². The van der Waals surface area contributed by atoms with Crippen molar-refractivity contribution in [3.63, 3.8) is 0 Å². The maximum absolute atomic E-state index is 13.4. The van der Waals surface area contributed by atoms with Crippen LogP contribution in [0.2, 0.25) is 0 Å². The molecule has 2 aromatic rings. The van der Waals surface area contributed by atoms with E-state index >= 15 is 0 Å². The van der Waals surface area contributed by atoms with E-state index in [4.69, 9.17) is 9.97 Å². The standard InChI is InChI=1S/C22H33N5OS/c1-5-9-25-11-13-26(14-12-25)22(28)19-16(3)18-20(23-17(4)24-21(18)29-19)27-10-7-6-8-15(27)2/h15H,5-14H2,1-4H3/p+1. The fourth-order valence-corrected chi connectivity index (χ4v) is 6.01. The zero-order valence-corrected chi connectivity index (χ0v) is 19.1. The number of anilines is 1. The highest BCUT2D eigenvalue weighted by Crippen LogP contribution is 2.38. The van der Waals surface area contributed by atoms with Gasteiger partial charge in [0.15, 0.2) is 0 Å². The molecule has 158 valence electrons. The number of amides is 1. The third kappa shape index (κ3) is 3.99. The Hall–Kier alpha value is -1.73. The lowest BCUT2D eigenvalue weighted by atomic mass is 10.0. The third-order valence-corrected chi connectivity index (χ3v) is 7.69. The monoisotopic (exact) mass is 416 g/mol. The summed E-state index contributed by atoms with van der Waals surface area (Å²) >= 11 is 1.55. The second-order valence-corrected chi connectivity index (χ2v) is 9.66. The molecular weight excluding hydrogens is 382 g/mol. The SMILES string of the molecule is CCC[NH+]1CCN(C(=O)c2sc3nc(C)nc(N4CCCCC4C)c3c2C)CC1. The number of aromatic nitrogens is 2. The molecule has 0 bridgehead atoms. The predicted molar refractivity (Wildman–Crippen MR) is 119 cm³/mol. The highest BCUT2D eigenvalue weighted by Gasteiger charge is 2.30. The summed E-state index contributed by atoms with van der Waals surface area (Å²) in [5.41, 5.74) is 1.06. The molecule has 29 heavy (non-hydrogen) atoms. The molecule has 4 heterocycles. The molecule has 2 saturated heterocycles. The van der Waals surface area contributed by atoms with Crippen molar-refractivity contribution in [2.24, 2.45) is 0 Å². The number of piperazine rings is 1. The van der Waals surface area contributed by atoms with E-state index in [0.29, 0.717) is 6.04 Å². The van der Waals surface area contributed by atoms with E-state index in [1.54, 1.807) is 16.2 Å². The van der Waals surface area contributed by atoms with Gasteiger partial charge in [-0.1, -0.05) is 6.92 Å². The van der Waals surface area contributed by atoms with Crippen molar-refractivity contribution in [3.05, 3.63) is 16.3 Å². The number of quaternary nitrogens is 1. The summed E-state index contributed by atoms with van der Waals surface area (Å²) in [6, 6.07) is 0.481. The minimum absolute atomic E-state index is 0.177. The number of nitrogens with one attached hydrogen (secondary N) is 1. The zero-order chi connectivity index (χ0) is 20.5. The third-order valence-electron chi connectivity index (χ3n) is 6.51. The lowest BCUT2D eigenvalue weighted by molar-refractivity contribution is -0.904. The average molecular weight is 417 g/mol. The summed E-state index contributed by atoms with van der Waals surface area (Å²) in [6.45, 7) is 14.6. The van der Waals surface area contributed by atoms with Crippen LogP contribution in [-0.2, 0) is 0 Å². The molecule has 1 unspecified atom stereocenters. The molecule has 0 aromatic carbocycles. The van der Waals surface area contributed by atoms with Gasteiger partial charge in [-0.2, -0.15) is 0 Å². The first-order valence-electron chi connectivity index (χ1n) is 11.2. The van der Waals surface area contributed by atoms with Crippen LogP contribution < -0.4 is 9.80 Å². The van der Waals surface area contributed by atoms with Gasteiger partial charge in [0.1, 0.15) is 16.5 Å². The zero-order valence-electron chi connectivity index (χ0n) is 18.3. The van der Waals surface area contributed by atoms with Gasteiger partial charge in [-0.25, -0.2) is 9.97 Å². The molecule has 2 aliphatic heterocycles. The second kappa shape index (κ2) is 8.56. The second-order valence-electron chi connectivity index (χ2n) is 8.66. The van der Waals surface area contributed by atoms with Crippen LogP contribution in [0.1, 0.15) is 60.6 Å². The van der Waals surface area contributed by atoms with Gasteiger partial charge in [0.25, 0.3) is 5.91 Å². The van der Waals surface area contributed by atoms with Crippen molar-refractivity contribution in [1.82, 2.24) is 14.9 Å². The number of piperidine rings is 1. The van der Waals surface area contributed by atoms with Gasteiger partial charge in [0.2, 0.25) is 0 Å². The van der Waals surface area contributed by atoms with Gasteiger partial charge in [-0.15, -0.1) is 11.3 Å². The summed E-state index contributed by atoms with van der Waals surface area (Å²) < 4.78 is 0. The van der Waals surface area contributed by atoms with Crippen molar-refractivity contribution < 1.29 is 9.69 Å². The number of hydrogen-bond acceptors (Lipinski definition) is 5. The van der Waals surface area contributed by atoms with Crippen molar-refractivity contribution in [1.29, 1.82) is 0 Å². The van der Waals surface area contributed by atoms with E-state index in [-0.39, 0.29) is 5.91 Å². The minimum Gasteiger partial charge on any atom is -0.353 e. The smallest absolute Gasteiger partial charge is 0.264 e. The van der Waals surface area contributed by atoms with Gasteiger partial charge in [0.05, 0.1) is 43.0 Å². The Morgan fingerprint density at radius 2 is 1.93 bits per heavy atom. The van der Waals surface area contributed by atoms with Crippen LogP contribution in [0.5, 0.6) is 0 Å². The summed E-state index contributed by atoms with van der Waals surface area (Å²) in [5, 5.41) is 1.09. The van der Waals surface area contributed by atoms with E-state index < -0.39 is 0 Å². The lowest BCUT2D eigenvalue weighted by Crippen LogP contribution is -3.14. The molecule has 0 spiro atoms. The number of hydrogen-bond donors (Lipinski definition) is 1. The fourth-order valence-electron chi connectivity index (χ4n) is 4.82. The highest BCUT2D eigenvalue weighted by molar-refractivity contribution is 7.20. The lowest BCUT2D eigenvalue weighted by Gasteiger charge is -2.35. The maximum atomic E-state index is 13.4. The molecule has 0 aliphatic carbocycles. The number of carbonyl (C=O) groups excluding carboxylic acids is 1. The normalized spacial score (nSPS) is 21.2. The Morgan fingerprint density at radius 3 is 2.62 bits per heavy atom. The van der Waals surface area contributed by atoms with Crippen molar-refractivity contribution in [2.45, 2.75) is 59.4 Å². The van der Waals surface area contributed by atoms with Crippen molar-refractivity contribution in [2.75, 3.05) is 44.2 Å². The number of thiophene rings is 1. The van der Waals surface area contributed by atoms with E-state index in [1.165, 1.54) is 32.2 Å². The van der Waals surface area contributed by atoms with Gasteiger partial charge in [0, 0.05) is 12.6 Å². The predicted octanol–water partition coefficient (Wildman–Crippen LogP) is 2.44. The molecule has 1 N–H and O–H groups in total. The first kappa shape index (κ1) is 20.5. The quantitative estimate of drug-likeness (QED) is 0.832. The summed E-state index contributed by atoms with van der Waals surface area (Å²) in [6.07, 6.45) is 4.88. The average Bonchev–Trinajstić information content (AvgIpc) is 3.04. The summed E-state index contributed by atoms with van der Waals surface area (Å²) in [4.78, 5) is 30.8. The topological polar surface area (TPSA) is 53.8 Å². The van der Waals surface area contributed by atoms with Crippen LogP contribution in [0.15, 0.2) is 0 Å². The van der Waals surface area contributed by atoms with E-state index in [9.17, 15) is 4.79 Å². The number of carbonyl (C=O) groups is 1. The molecule has 2 aromatic heterocycles. The Kier molecular flexibility index (Phi) is 6.06. The molecule has 2 aliphatic rings. The first-order chi connectivity index (χ1) is 14.0. The van der Waals surface area contributed by atoms with E-state index in [1.807, 2.05) is 11.8 Å². The van der Waals surface area contributed by atoms with Crippen LogP contribution >= 0.6 is 11.3 Å². The van der Waals surface area contributed by atoms with Crippen LogP contribution in [0, 0.1) is 13.8 Å². The van der Waals surface area contributed by atoms with Crippen molar-refractivity contribution in [3.8, 4) is 0 Å². The molecule has 7 heteroatoms. The van der Waals surface area contributed by atoms with E-state index in [0.717, 1.165) is 65.0 Å². The molecular formula is C22H34N5OS+. The number of fused-ring (bicyclic) bond motifs is 1. The van der Waals surface area contributed by atoms with Crippen molar-refractivity contribution >= 4 is 33.3 Å². The maximum Gasteiger partial charge on any atom is 0.264 e. The molecule has 1 atom stereocenters. The first-order valence-corrected chi connectivity index (χ1v) is 12.0. The highest BCUT2D eigenvalue weighted by atomic mass is 32.1. The number of nitrogens with zero attached hydrogens (tertiary/aromatic N) is 4. The van der Waals surface area contributed by atoms with Gasteiger partial charge < -0.3 is 14.7 Å². The molecule has 2 fully saturated rings. The fraction of sp³-hybridized carbons (Fsp3) is 0.682. The Morgan fingerprint density at radius 1 is 1.17 bits per heavy atom. The Balaban J connectivity index is 1.65. The van der Waals surface area contributed by atoms with Gasteiger partial charge >= 0.3 is 0 Å². The number of aryl methyl sites for hydroxylation is 2. The summed E-state index contributed by atoms with van der Waals surface area (Å²) in [5.74, 6) is 2.00. The largest absolute Gasteiger partial charge is 0.353 e. The molecule has 4 rings (SSSR count). The minimum atomic E-state index is 0.177. The van der Waals surface area contributed by atoms with Crippen LogP contribution in [0.3, 0.4) is 0 Å². The van der Waals surface area contributed by atoms with Crippen LogP contribution in [-0.4, -0.2) is 66.1 Å². The van der Waals surface area contributed by atoms with Crippen LogP contribution in [0.25, 0.3) is 10.2 Å². The van der Waals surface area contributed by atoms with E-state index in [2.05, 4.69) is 25.7 Å². The molecule has 0 radical (unpaired) electrons. The summed E-state index contributed by atoms with van der Waals surface area (Å²) in [7, 11) is 0. The number of rotatable bonds is 4. The Bertz CT molecular complexity index is 887. The Labute approximate surface area is 177 Å². The molecule has 0 saturated carbocycles. The molecule has 6 nitrogen and oxygen atoms in total.